The number of nitrogens with one attached hydrogen (secondary N) is 1. The summed E-state index contributed by atoms with van der Waals surface area (Å²) in [4.78, 5) is 42.5. The Morgan fingerprint density at radius 2 is 1.75 bits per heavy atom. The van der Waals surface area contributed by atoms with Gasteiger partial charge in [-0.3, -0.25) is 14.4 Å². The minimum Gasteiger partial charge on any atom is -0.345 e. The predicted octanol–water partition coefficient (Wildman–Crippen LogP) is 4.20. The van der Waals surface area contributed by atoms with Gasteiger partial charge in [0.1, 0.15) is 5.00 Å². The maximum absolute atomic E-state index is 13.6. The lowest BCUT2D eigenvalue weighted by Crippen LogP contribution is -2.37. The second kappa shape index (κ2) is 9.95. The van der Waals surface area contributed by atoms with Gasteiger partial charge in [-0.2, -0.15) is 4.31 Å². The molecule has 0 radical (unpaired) electrons. The first-order valence-corrected chi connectivity index (χ1v) is 15.9. The van der Waals surface area contributed by atoms with Crippen LogP contribution in [0, 0.1) is 10.8 Å². The van der Waals surface area contributed by atoms with Gasteiger partial charge >= 0.3 is 0 Å². The van der Waals surface area contributed by atoms with Gasteiger partial charge in [0.2, 0.25) is 15.9 Å². The summed E-state index contributed by atoms with van der Waals surface area (Å²) in [6.45, 7) is 9.55. The number of amides is 3. The predicted molar refractivity (Wildman–Crippen MR) is 155 cm³/mol. The molecule has 2 fully saturated rings. The van der Waals surface area contributed by atoms with Crippen LogP contribution in [-0.4, -0.2) is 73.5 Å². The Bertz CT molecular complexity index is 1480. The molecular weight excluding hydrogens is 548 g/mol. The summed E-state index contributed by atoms with van der Waals surface area (Å²) in [6.07, 6.45) is 3.25. The van der Waals surface area contributed by atoms with E-state index in [4.69, 9.17) is 0 Å². The van der Waals surface area contributed by atoms with Crippen molar-refractivity contribution in [2.45, 2.75) is 70.9 Å². The first-order chi connectivity index (χ1) is 18.6. The lowest BCUT2D eigenvalue weighted by atomic mass is 9.65. The van der Waals surface area contributed by atoms with E-state index in [-0.39, 0.29) is 33.6 Å². The van der Waals surface area contributed by atoms with Crippen LogP contribution < -0.4 is 5.32 Å². The Labute approximate surface area is 240 Å². The number of hydrogen-bond acceptors (Lipinski definition) is 6. The number of sulfonamides is 1. The number of hydrogen-bond donors (Lipinski definition) is 1. The van der Waals surface area contributed by atoms with Crippen LogP contribution in [0.3, 0.4) is 0 Å². The fourth-order valence-corrected chi connectivity index (χ4v) is 10.0. The average Bonchev–Trinajstić information content (AvgIpc) is 3.35. The number of carbonyl (C=O) groups excluding carboxylic acids is 3. The van der Waals surface area contributed by atoms with E-state index in [0.717, 1.165) is 29.7 Å². The van der Waals surface area contributed by atoms with Gasteiger partial charge < -0.3 is 15.1 Å². The van der Waals surface area contributed by atoms with Crippen molar-refractivity contribution in [1.29, 1.82) is 0 Å². The summed E-state index contributed by atoms with van der Waals surface area (Å²) in [5.74, 6) is -0.668. The Balaban J connectivity index is 1.37. The topological polar surface area (TPSA) is 107 Å². The molecule has 5 rings (SSSR count). The molecule has 9 nitrogen and oxygen atoms in total. The molecule has 1 aromatic heterocycles. The van der Waals surface area contributed by atoms with Crippen molar-refractivity contribution < 1.29 is 22.8 Å². The molecule has 216 valence electrons. The molecule has 2 aromatic rings. The van der Waals surface area contributed by atoms with Crippen molar-refractivity contribution in [3.63, 3.8) is 0 Å². The molecule has 1 saturated heterocycles. The van der Waals surface area contributed by atoms with Crippen LogP contribution in [0.15, 0.2) is 29.2 Å². The van der Waals surface area contributed by atoms with Crippen LogP contribution in [0.2, 0.25) is 0 Å². The summed E-state index contributed by atoms with van der Waals surface area (Å²) in [6, 6.07) is 6.02. The van der Waals surface area contributed by atoms with Gasteiger partial charge in [0, 0.05) is 50.6 Å². The monoisotopic (exact) mass is 586 g/mol. The van der Waals surface area contributed by atoms with Crippen molar-refractivity contribution in [1.82, 2.24) is 14.1 Å². The SMILES string of the molecule is CC(=O)N1CCc2c(sc(NC(=O)c3ccc(S(=O)(=O)N4CC5(C)CC4CC(C)(C)C5)cc3)c2C(=O)N(C)C)C1. The summed E-state index contributed by atoms with van der Waals surface area (Å²) in [5, 5.41) is 3.33. The summed E-state index contributed by atoms with van der Waals surface area (Å²) in [7, 11) is -0.375. The molecule has 1 saturated carbocycles. The van der Waals surface area contributed by atoms with E-state index in [9.17, 15) is 22.8 Å². The fourth-order valence-electron chi connectivity index (χ4n) is 6.99. The minimum atomic E-state index is -3.70. The highest BCUT2D eigenvalue weighted by atomic mass is 32.2. The van der Waals surface area contributed by atoms with Gasteiger partial charge in [0.15, 0.2) is 0 Å². The Hall–Kier alpha value is -2.76. The van der Waals surface area contributed by atoms with Crippen LogP contribution in [0.1, 0.15) is 78.1 Å². The molecule has 2 aliphatic heterocycles. The van der Waals surface area contributed by atoms with E-state index in [0.29, 0.717) is 42.2 Å². The third-order valence-electron chi connectivity index (χ3n) is 8.44. The molecule has 11 heteroatoms. The van der Waals surface area contributed by atoms with Crippen molar-refractivity contribution in [2.24, 2.45) is 10.8 Å². The van der Waals surface area contributed by atoms with Crippen molar-refractivity contribution in [3.8, 4) is 0 Å². The molecule has 2 unspecified atom stereocenters. The van der Waals surface area contributed by atoms with Crippen LogP contribution in [0.25, 0.3) is 0 Å². The largest absolute Gasteiger partial charge is 0.345 e. The molecule has 1 N–H and O–H groups in total. The maximum Gasteiger partial charge on any atom is 0.256 e. The number of fused-ring (bicyclic) bond motifs is 3. The third kappa shape index (κ3) is 5.19. The van der Waals surface area contributed by atoms with E-state index in [2.05, 4.69) is 26.1 Å². The zero-order chi connectivity index (χ0) is 29.2. The molecule has 1 aliphatic carbocycles. The van der Waals surface area contributed by atoms with Crippen LogP contribution in [-0.2, 0) is 27.8 Å². The van der Waals surface area contributed by atoms with Crippen LogP contribution in [0.4, 0.5) is 5.00 Å². The minimum absolute atomic E-state index is 0.0156. The normalized spacial score (nSPS) is 23.9. The second-order valence-electron chi connectivity index (χ2n) is 12.8. The van der Waals surface area contributed by atoms with Gasteiger partial charge in [0.05, 0.1) is 17.0 Å². The smallest absolute Gasteiger partial charge is 0.256 e. The van der Waals surface area contributed by atoms with Gasteiger partial charge in [0.25, 0.3) is 11.8 Å². The molecule has 1 aromatic carbocycles. The maximum atomic E-state index is 13.6. The zero-order valence-corrected chi connectivity index (χ0v) is 25.7. The molecule has 40 heavy (non-hydrogen) atoms. The van der Waals surface area contributed by atoms with Gasteiger partial charge in [-0.1, -0.05) is 20.8 Å². The van der Waals surface area contributed by atoms with E-state index >= 15 is 0 Å². The summed E-state index contributed by atoms with van der Waals surface area (Å²) < 4.78 is 28.9. The fraction of sp³-hybridized carbons (Fsp3) is 0.552. The van der Waals surface area contributed by atoms with Crippen LogP contribution in [0.5, 0.6) is 0 Å². The third-order valence-corrected chi connectivity index (χ3v) is 11.5. The highest BCUT2D eigenvalue weighted by Crippen LogP contribution is 2.53. The van der Waals surface area contributed by atoms with E-state index < -0.39 is 15.9 Å². The Morgan fingerprint density at radius 3 is 2.38 bits per heavy atom. The Morgan fingerprint density at radius 1 is 1.07 bits per heavy atom. The number of rotatable bonds is 5. The molecule has 3 amide bonds. The van der Waals surface area contributed by atoms with Gasteiger partial charge in [-0.05, 0) is 66.3 Å². The number of anilines is 1. The van der Waals surface area contributed by atoms with Crippen LogP contribution >= 0.6 is 11.3 Å². The molecular formula is C29H38N4O5S2. The highest BCUT2D eigenvalue weighted by Gasteiger charge is 2.53. The Kier molecular flexibility index (Phi) is 7.16. The standard InChI is InChI=1S/C29H38N4O5S2/c1-18(34)32-12-11-22-23(15-32)39-26(24(22)27(36)31(5)6)30-25(35)19-7-9-21(10-8-19)40(37,38)33-17-29(4)14-20(33)13-28(2,3)16-29/h7-10,20H,11-17H2,1-6H3,(H,30,35). The van der Waals surface area contributed by atoms with E-state index in [1.165, 1.54) is 47.4 Å². The molecule has 2 bridgehead atoms. The second-order valence-corrected chi connectivity index (χ2v) is 15.8. The summed E-state index contributed by atoms with van der Waals surface area (Å²) >= 11 is 1.31. The van der Waals surface area contributed by atoms with Gasteiger partial charge in [-0.15, -0.1) is 11.3 Å². The number of nitrogens with zero attached hydrogens (tertiary/aromatic N) is 3. The molecule has 3 heterocycles. The lowest BCUT2D eigenvalue weighted by Gasteiger charge is -2.39. The zero-order valence-electron chi connectivity index (χ0n) is 24.0. The number of benzene rings is 1. The molecule has 2 atom stereocenters. The van der Waals surface area contributed by atoms with Crippen molar-refractivity contribution in [2.75, 3.05) is 32.5 Å². The molecule has 3 aliphatic rings. The first kappa shape index (κ1) is 28.8. The quantitative estimate of drug-likeness (QED) is 0.565. The van der Waals surface area contributed by atoms with Gasteiger partial charge in [-0.25, -0.2) is 8.42 Å². The number of carbonyl (C=O) groups is 3. The summed E-state index contributed by atoms with van der Waals surface area (Å²) in [5.41, 5.74) is 1.69. The van der Waals surface area contributed by atoms with Crippen molar-refractivity contribution in [3.05, 3.63) is 45.8 Å². The lowest BCUT2D eigenvalue weighted by molar-refractivity contribution is -0.129. The number of thiophene rings is 1. The molecule has 0 spiro atoms. The highest BCUT2D eigenvalue weighted by molar-refractivity contribution is 7.89. The first-order valence-electron chi connectivity index (χ1n) is 13.7. The van der Waals surface area contributed by atoms with E-state index in [1.54, 1.807) is 23.3 Å². The average molecular weight is 587 g/mol. The van der Waals surface area contributed by atoms with E-state index in [1.807, 2.05) is 0 Å². The van der Waals surface area contributed by atoms with Crippen molar-refractivity contribution >= 4 is 44.1 Å².